The smallest absolute Gasteiger partial charge is 0.0743 e. The van der Waals surface area contributed by atoms with E-state index in [9.17, 15) is 0 Å². The van der Waals surface area contributed by atoms with Gasteiger partial charge in [-0.3, -0.25) is 10.5 Å². The first-order chi connectivity index (χ1) is 8.54. The Balaban J connectivity index is 2.45. The molecule has 5 heteroatoms. The zero-order valence-corrected chi connectivity index (χ0v) is 11.5. The number of nitrogens with two attached hydrogens (primary N) is 1. The molecule has 1 unspecified atom stereocenters. The van der Waals surface area contributed by atoms with E-state index in [2.05, 4.69) is 10.5 Å². The predicted molar refractivity (Wildman–Crippen MR) is 73.3 cm³/mol. The van der Waals surface area contributed by atoms with E-state index in [4.69, 9.17) is 17.4 Å². The third kappa shape index (κ3) is 2.27. The standard InChI is InChI=1S/C13H17ClN4/c1-8-4-5-10(6-12(8)14)13(17-15)11-7-16-18(3)9(11)2/h4-7,13,17H,15H2,1-3H3. The molecule has 96 valence electrons. The van der Waals surface area contributed by atoms with Crippen LogP contribution < -0.4 is 11.3 Å². The summed E-state index contributed by atoms with van der Waals surface area (Å²) in [5, 5.41) is 4.98. The van der Waals surface area contributed by atoms with E-state index < -0.39 is 0 Å². The monoisotopic (exact) mass is 264 g/mol. The van der Waals surface area contributed by atoms with Crippen LogP contribution in [0.5, 0.6) is 0 Å². The molecule has 0 amide bonds. The number of benzene rings is 1. The SMILES string of the molecule is Cc1ccc(C(NN)c2cnn(C)c2C)cc1Cl. The summed E-state index contributed by atoms with van der Waals surface area (Å²) in [6, 6.07) is 5.86. The summed E-state index contributed by atoms with van der Waals surface area (Å²) in [6.45, 7) is 3.99. The van der Waals surface area contributed by atoms with Gasteiger partial charge in [-0.2, -0.15) is 5.10 Å². The maximum atomic E-state index is 6.16. The molecule has 18 heavy (non-hydrogen) atoms. The highest BCUT2D eigenvalue weighted by Gasteiger charge is 2.17. The molecule has 0 aliphatic rings. The van der Waals surface area contributed by atoms with Crippen LogP contribution in [0.2, 0.25) is 5.02 Å². The van der Waals surface area contributed by atoms with Gasteiger partial charge in [0.2, 0.25) is 0 Å². The fraction of sp³-hybridized carbons (Fsp3) is 0.308. The first kappa shape index (κ1) is 13.1. The van der Waals surface area contributed by atoms with Gasteiger partial charge in [0.1, 0.15) is 0 Å². The molecule has 0 saturated carbocycles. The van der Waals surface area contributed by atoms with Crippen LogP contribution in [0, 0.1) is 13.8 Å². The molecule has 0 saturated heterocycles. The Morgan fingerprint density at radius 1 is 1.39 bits per heavy atom. The second-order valence-electron chi connectivity index (χ2n) is 4.42. The average Bonchev–Trinajstić information content (AvgIpc) is 2.67. The molecule has 1 aromatic carbocycles. The molecule has 0 aliphatic heterocycles. The van der Waals surface area contributed by atoms with E-state index >= 15 is 0 Å². The topological polar surface area (TPSA) is 55.9 Å². The molecule has 0 bridgehead atoms. The lowest BCUT2D eigenvalue weighted by molar-refractivity contribution is 0.630. The van der Waals surface area contributed by atoms with Crippen LogP contribution in [0.15, 0.2) is 24.4 Å². The highest BCUT2D eigenvalue weighted by atomic mass is 35.5. The largest absolute Gasteiger partial charge is 0.273 e. The molecule has 1 atom stereocenters. The van der Waals surface area contributed by atoms with Crippen LogP contribution in [0.1, 0.15) is 28.4 Å². The number of hydrazine groups is 1. The Bertz CT molecular complexity index is 562. The lowest BCUT2D eigenvalue weighted by Gasteiger charge is -2.17. The van der Waals surface area contributed by atoms with Crippen LogP contribution in [0.25, 0.3) is 0 Å². The predicted octanol–water partition coefficient (Wildman–Crippen LogP) is 2.24. The zero-order chi connectivity index (χ0) is 13.3. The van der Waals surface area contributed by atoms with Gasteiger partial charge in [0.15, 0.2) is 0 Å². The lowest BCUT2D eigenvalue weighted by atomic mass is 9.99. The van der Waals surface area contributed by atoms with Gasteiger partial charge in [0.25, 0.3) is 0 Å². The van der Waals surface area contributed by atoms with Crippen molar-refractivity contribution in [3.05, 3.63) is 51.8 Å². The van der Waals surface area contributed by atoms with Crippen LogP contribution in [0.3, 0.4) is 0 Å². The number of aryl methyl sites for hydroxylation is 2. The summed E-state index contributed by atoms with van der Waals surface area (Å²) in [5.74, 6) is 5.67. The third-order valence-corrected chi connectivity index (χ3v) is 3.69. The maximum Gasteiger partial charge on any atom is 0.0743 e. The first-order valence-electron chi connectivity index (χ1n) is 5.75. The summed E-state index contributed by atoms with van der Waals surface area (Å²) < 4.78 is 1.83. The molecule has 2 aromatic rings. The van der Waals surface area contributed by atoms with Crippen molar-refractivity contribution in [2.45, 2.75) is 19.9 Å². The molecule has 3 N–H and O–H groups in total. The molecule has 4 nitrogen and oxygen atoms in total. The molecule has 1 aromatic heterocycles. The van der Waals surface area contributed by atoms with Crippen LogP contribution >= 0.6 is 11.6 Å². The number of hydrogen-bond donors (Lipinski definition) is 2. The molecular formula is C13H17ClN4. The van der Waals surface area contributed by atoms with Crippen LogP contribution in [-0.2, 0) is 7.05 Å². The minimum atomic E-state index is -0.100. The van der Waals surface area contributed by atoms with E-state index in [1.807, 2.05) is 50.0 Å². The normalized spacial score (nSPS) is 12.7. The Kier molecular flexibility index (Phi) is 3.71. The number of nitrogens with one attached hydrogen (secondary N) is 1. The van der Waals surface area contributed by atoms with Gasteiger partial charge < -0.3 is 0 Å². The molecular weight excluding hydrogens is 248 g/mol. The van der Waals surface area contributed by atoms with Crippen LogP contribution in [-0.4, -0.2) is 9.78 Å². The van der Waals surface area contributed by atoms with E-state index in [0.717, 1.165) is 27.4 Å². The van der Waals surface area contributed by atoms with E-state index in [0.29, 0.717) is 0 Å². The van der Waals surface area contributed by atoms with Crippen molar-refractivity contribution in [2.75, 3.05) is 0 Å². The number of hydrogen-bond acceptors (Lipinski definition) is 3. The average molecular weight is 265 g/mol. The Morgan fingerprint density at radius 3 is 2.61 bits per heavy atom. The van der Waals surface area contributed by atoms with Gasteiger partial charge in [-0.1, -0.05) is 23.7 Å². The second-order valence-corrected chi connectivity index (χ2v) is 4.82. The van der Waals surface area contributed by atoms with Gasteiger partial charge in [-0.05, 0) is 31.0 Å². The number of aromatic nitrogens is 2. The molecule has 1 heterocycles. The van der Waals surface area contributed by atoms with Crippen molar-refractivity contribution >= 4 is 11.6 Å². The third-order valence-electron chi connectivity index (χ3n) is 3.28. The van der Waals surface area contributed by atoms with Crippen molar-refractivity contribution < 1.29 is 0 Å². The van der Waals surface area contributed by atoms with Gasteiger partial charge in [-0.15, -0.1) is 0 Å². The highest BCUT2D eigenvalue weighted by molar-refractivity contribution is 6.31. The second kappa shape index (κ2) is 5.10. The van der Waals surface area contributed by atoms with Gasteiger partial charge in [0, 0.05) is 23.3 Å². The van der Waals surface area contributed by atoms with Crippen molar-refractivity contribution in [3.63, 3.8) is 0 Å². The maximum absolute atomic E-state index is 6.16. The molecule has 0 radical (unpaired) electrons. The van der Waals surface area contributed by atoms with E-state index in [1.54, 1.807) is 0 Å². The summed E-state index contributed by atoms with van der Waals surface area (Å²) in [5.41, 5.74) is 7.04. The first-order valence-corrected chi connectivity index (χ1v) is 6.13. The van der Waals surface area contributed by atoms with E-state index in [-0.39, 0.29) is 6.04 Å². The molecule has 0 fully saturated rings. The van der Waals surface area contributed by atoms with Gasteiger partial charge in [0.05, 0.1) is 12.2 Å². The number of rotatable bonds is 3. The van der Waals surface area contributed by atoms with Gasteiger partial charge >= 0.3 is 0 Å². The Morgan fingerprint density at radius 2 is 2.11 bits per heavy atom. The molecule has 2 rings (SSSR count). The Hall–Kier alpha value is -1.36. The van der Waals surface area contributed by atoms with Crippen LogP contribution in [0.4, 0.5) is 0 Å². The van der Waals surface area contributed by atoms with Crippen molar-refractivity contribution in [1.29, 1.82) is 0 Å². The van der Waals surface area contributed by atoms with Crippen molar-refractivity contribution in [1.82, 2.24) is 15.2 Å². The molecule has 0 spiro atoms. The summed E-state index contributed by atoms with van der Waals surface area (Å²) >= 11 is 6.16. The summed E-state index contributed by atoms with van der Waals surface area (Å²) in [6.07, 6.45) is 1.83. The summed E-state index contributed by atoms with van der Waals surface area (Å²) in [4.78, 5) is 0. The Labute approximate surface area is 112 Å². The minimum Gasteiger partial charge on any atom is -0.273 e. The summed E-state index contributed by atoms with van der Waals surface area (Å²) in [7, 11) is 1.91. The van der Waals surface area contributed by atoms with E-state index in [1.165, 1.54) is 0 Å². The quantitative estimate of drug-likeness (QED) is 0.660. The molecule has 0 aliphatic carbocycles. The zero-order valence-electron chi connectivity index (χ0n) is 10.7. The number of halogens is 1. The highest BCUT2D eigenvalue weighted by Crippen LogP contribution is 2.27. The van der Waals surface area contributed by atoms with Gasteiger partial charge in [-0.25, -0.2) is 5.43 Å². The fourth-order valence-electron chi connectivity index (χ4n) is 1.95. The van der Waals surface area contributed by atoms with Crippen molar-refractivity contribution in [2.24, 2.45) is 12.9 Å². The number of nitrogens with zero attached hydrogens (tertiary/aromatic N) is 2. The fourth-order valence-corrected chi connectivity index (χ4v) is 2.14. The minimum absolute atomic E-state index is 0.100. The lowest BCUT2D eigenvalue weighted by Crippen LogP contribution is -2.29. The van der Waals surface area contributed by atoms with Crippen molar-refractivity contribution in [3.8, 4) is 0 Å².